The zero-order chi connectivity index (χ0) is 22.8. The summed E-state index contributed by atoms with van der Waals surface area (Å²) in [5.74, 6) is 0.733. The maximum Gasteiger partial charge on any atom is 0.416 e. The largest absolute Gasteiger partial charge is 0.416 e. The van der Waals surface area contributed by atoms with Crippen LogP contribution in [0.25, 0.3) is 27.8 Å². The summed E-state index contributed by atoms with van der Waals surface area (Å²) in [6.45, 7) is 0. The Hall–Kier alpha value is -3.35. The van der Waals surface area contributed by atoms with E-state index in [1.807, 2.05) is 36.5 Å². The van der Waals surface area contributed by atoms with Crippen LogP contribution in [0.5, 0.6) is 0 Å². The third-order valence-corrected chi connectivity index (χ3v) is 6.32. The van der Waals surface area contributed by atoms with Gasteiger partial charge in [-0.15, -0.1) is 0 Å². The fraction of sp³-hybridized carbons (Fsp3) is 0.308. The van der Waals surface area contributed by atoms with E-state index in [-0.39, 0.29) is 0 Å². The number of nitrogens with one attached hydrogen (secondary N) is 1. The second-order valence-electron chi connectivity index (χ2n) is 8.58. The second kappa shape index (κ2) is 8.89. The van der Waals surface area contributed by atoms with Gasteiger partial charge in [0.05, 0.1) is 10.9 Å². The Labute approximate surface area is 190 Å². The van der Waals surface area contributed by atoms with Crippen molar-refractivity contribution in [3.63, 3.8) is 0 Å². The Morgan fingerprint density at radius 1 is 0.879 bits per heavy atom. The Kier molecular flexibility index (Phi) is 5.79. The highest BCUT2D eigenvalue weighted by Gasteiger charge is 2.31. The highest BCUT2D eigenvalue weighted by atomic mass is 19.4. The molecular formula is C26H25F3N4. The van der Waals surface area contributed by atoms with Gasteiger partial charge in [0.1, 0.15) is 12.1 Å². The number of fused-ring (bicyclic) bond motifs is 1. The van der Waals surface area contributed by atoms with Gasteiger partial charge < -0.3 is 9.88 Å². The summed E-state index contributed by atoms with van der Waals surface area (Å²) in [6.07, 6.45) is 5.97. The van der Waals surface area contributed by atoms with Crippen LogP contribution < -0.4 is 5.32 Å². The molecule has 2 heterocycles. The molecule has 0 unspecified atom stereocenters. The molecule has 33 heavy (non-hydrogen) atoms. The second-order valence-corrected chi connectivity index (χ2v) is 8.58. The van der Waals surface area contributed by atoms with Crippen LogP contribution in [0.2, 0.25) is 0 Å². The van der Waals surface area contributed by atoms with E-state index in [1.165, 1.54) is 38.1 Å². The average molecular weight is 451 g/mol. The number of hydrogen-bond acceptors (Lipinski definition) is 3. The Bertz CT molecular complexity index is 1240. The van der Waals surface area contributed by atoms with E-state index in [4.69, 9.17) is 0 Å². The molecule has 170 valence electrons. The predicted octanol–water partition coefficient (Wildman–Crippen LogP) is 7.24. The van der Waals surface area contributed by atoms with Crippen LogP contribution in [0.1, 0.15) is 44.1 Å². The molecule has 1 fully saturated rings. The number of alkyl halides is 3. The monoisotopic (exact) mass is 450 g/mol. The first-order valence-electron chi connectivity index (χ1n) is 11.4. The van der Waals surface area contributed by atoms with E-state index in [9.17, 15) is 13.2 Å². The van der Waals surface area contributed by atoms with Gasteiger partial charge >= 0.3 is 6.18 Å². The lowest BCUT2D eigenvalue weighted by atomic mass is 10.1. The number of benzene rings is 2. The van der Waals surface area contributed by atoms with E-state index in [0.717, 1.165) is 47.3 Å². The van der Waals surface area contributed by atoms with Crippen LogP contribution in [0.4, 0.5) is 19.0 Å². The van der Waals surface area contributed by atoms with Crippen molar-refractivity contribution in [2.24, 2.45) is 0 Å². The van der Waals surface area contributed by atoms with E-state index < -0.39 is 11.7 Å². The number of anilines is 1. The Balaban J connectivity index is 1.67. The molecule has 2 aromatic heterocycles. The summed E-state index contributed by atoms with van der Waals surface area (Å²) in [6, 6.07) is 15.5. The molecule has 0 amide bonds. The first-order valence-corrected chi connectivity index (χ1v) is 11.4. The van der Waals surface area contributed by atoms with Gasteiger partial charge in [-0.2, -0.15) is 13.2 Å². The molecule has 1 N–H and O–H groups in total. The number of aromatic nitrogens is 3. The van der Waals surface area contributed by atoms with Crippen LogP contribution in [0.3, 0.4) is 0 Å². The number of halogens is 3. The van der Waals surface area contributed by atoms with Crippen molar-refractivity contribution in [1.82, 2.24) is 14.5 Å². The number of rotatable bonds is 4. The van der Waals surface area contributed by atoms with Crippen molar-refractivity contribution in [2.45, 2.75) is 50.7 Å². The summed E-state index contributed by atoms with van der Waals surface area (Å²) in [5, 5.41) is 4.45. The van der Waals surface area contributed by atoms with E-state index in [2.05, 4.69) is 15.3 Å². The van der Waals surface area contributed by atoms with Crippen molar-refractivity contribution in [2.75, 3.05) is 5.32 Å². The van der Waals surface area contributed by atoms with Crippen molar-refractivity contribution in [3.8, 4) is 16.8 Å². The summed E-state index contributed by atoms with van der Waals surface area (Å²) in [5.41, 5.74) is 2.16. The zero-order valence-electron chi connectivity index (χ0n) is 18.1. The molecule has 4 nitrogen and oxygen atoms in total. The SMILES string of the molecule is FC(F)(F)c1cccc(-n2cc(-c3ccccc3)c3c(NC4CCCCCC4)ncnc32)c1. The molecule has 0 aliphatic heterocycles. The van der Waals surface area contributed by atoms with Crippen LogP contribution in [-0.2, 0) is 6.18 Å². The standard InChI is InChI=1S/C26H25F3N4/c27-26(28,29)19-11-8-14-21(15-19)33-16-22(18-9-4-3-5-10-18)23-24(30-17-31-25(23)33)32-20-12-6-1-2-7-13-20/h3-5,8-11,14-17,20H,1-2,6-7,12-13H2,(H,30,31,32). The van der Waals surface area contributed by atoms with Crippen LogP contribution in [-0.4, -0.2) is 20.6 Å². The van der Waals surface area contributed by atoms with Gasteiger partial charge in [0, 0.05) is 23.5 Å². The molecule has 7 heteroatoms. The predicted molar refractivity (Wildman–Crippen MR) is 124 cm³/mol. The molecule has 0 spiro atoms. The van der Waals surface area contributed by atoms with E-state index in [1.54, 1.807) is 10.6 Å². The van der Waals surface area contributed by atoms with Gasteiger partial charge in [0.25, 0.3) is 0 Å². The molecule has 0 radical (unpaired) electrons. The van der Waals surface area contributed by atoms with Crippen molar-refractivity contribution < 1.29 is 13.2 Å². The van der Waals surface area contributed by atoms with E-state index in [0.29, 0.717) is 17.4 Å². The van der Waals surface area contributed by atoms with Gasteiger partial charge in [0.2, 0.25) is 0 Å². The highest BCUT2D eigenvalue weighted by Crippen LogP contribution is 2.37. The van der Waals surface area contributed by atoms with Gasteiger partial charge in [-0.05, 0) is 36.6 Å². The van der Waals surface area contributed by atoms with Crippen molar-refractivity contribution in [3.05, 3.63) is 72.7 Å². The maximum absolute atomic E-state index is 13.4. The van der Waals surface area contributed by atoms with Crippen LogP contribution in [0, 0.1) is 0 Å². The van der Waals surface area contributed by atoms with Gasteiger partial charge in [-0.25, -0.2) is 9.97 Å². The molecule has 0 bridgehead atoms. The van der Waals surface area contributed by atoms with Gasteiger partial charge in [0.15, 0.2) is 5.65 Å². The summed E-state index contributed by atoms with van der Waals surface area (Å²) >= 11 is 0. The minimum Gasteiger partial charge on any atom is -0.367 e. The molecule has 4 aromatic rings. The normalized spacial score (nSPS) is 15.5. The van der Waals surface area contributed by atoms with E-state index >= 15 is 0 Å². The first-order chi connectivity index (χ1) is 16.0. The lowest BCUT2D eigenvalue weighted by Gasteiger charge is -2.18. The van der Waals surface area contributed by atoms with Gasteiger partial charge in [-0.3, -0.25) is 0 Å². The maximum atomic E-state index is 13.4. The molecule has 1 aliphatic carbocycles. The van der Waals surface area contributed by atoms with Crippen LogP contribution in [0.15, 0.2) is 67.1 Å². The third-order valence-electron chi connectivity index (χ3n) is 6.32. The first kappa shape index (κ1) is 21.5. The molecular weight excluding hydrogens is 425 g/mol. The lowest BCUT2D eigenvalue weighted by molar-refractivity contribution is -0.137. The summed E-state index contributed by atoms with van der Waals surface area (Å²) in [7, 11) is 0. The minimum absolute atomic E-state index is 0.325. The quantitative estimate of drug-likeness (QED) is 0.333. The third kappa shape index (κ3) is 4.45. The fourth-order valence-corrected chi connectivity index (χ4v) is 4.65. The number of nitrogens with zero attached hydrogens (tertiary/aromatic N) is 3. The minimum atomic E-state index is -4.41. The Morgan fingerprint density at radius 2 is 1.64 bits per heavy atom. The molecule has 1 saturated carbocycles. The smallest absolute Gasteiger partial charge is 0.367 e. The fourth-order valence-electron chi connectivity index (χ4n) is 4.65. The van der Waals surface area contributed by atoms with Crippen molar-refractivity contribution in [1.29, 1.82) is 0 Å². The van der Waals surface area contributed by atoms with Crippen LogP contribution >= 0.6 is 0 Å². The number of hydrogen-bond donors (Lipinski definition) is 1. The van der Waals surface area contributed by atoms with Gasteiger partial charge in [-0.1, -0.05) is 62.1 Å². The highest BCUT2D eigenvalue weighted by molar-refractivity contribution is 6.02. The summed E-state index contributed by atoms with van der Waals surface area (Å²) < 4.78 is 41.9. The molecule has 1 aliphatic rings. The lowest BCUT2D eigenvalue weighted by Crippen LogP contribution is -2.19. The molecule has 2 aromatic carbocycles. The van der Waals surface area contributed by atoms with Crippen molar-refractivity contribution >= 4 is 16.9 Å². The zero-order valence-corrected chi connectivity index (χ0v) is 18.1. The molecule has 5 rings (SSSR count). The Morgan fingerprint density at radius 3 is 2.36 bits per heavy atom. The molecule has 0 atom stereocenters. The topological polar surface area (TPSA) is 42.7 Å². The molecule has 0 saturated heterocycles. The summed E-state index contributed by atoms with van der Waals surface area (Å²) in [4.78, 5) is 9.06. The average Bonchev–Trinajstić information content (AvgIpc) is 3.03.